The number of ether oxygens (including phenoxy) is 1. The van der Waals surface area contributed by atoms with E-state index in [0.717, 1.165) is 37.2 Å². The standard InChI is InChI=1S/C13H20N2O/c1-2-15(11-7-8-11)9-10-16-13-6-4-3-5-12(13)14/h3-6,11H,2,7-10,14H2,1H3. The van der Waals surface area contributed by atoms with Gasteiger partial charge in [0.05, 0.1) is 5.69 Å². The molecule has 0 heterocycles. The summed E-state index contributed by atoms with van der Waals surface area (Å²) in [5.74, 6) is 0.800. The number of nitrogens with two attached hydrogens (primary N) is 1. The Hall–Kier alpha value is -1.22. The van der Waals surface area contributed by atoms with Crippen molar-refractivity contribution >= 4 is 5.69 Å². The summed E-state index contributed by atoms with van der Waals surface area (Å²) in [7, 11) is 0. The molecule has 0 atom stereocenters. The highest BCUT2D eigenvalue weighted by atomic mass is 16.5. The van der Waals surface area contributed by atoms with Crippen LogP contribution in [0.5, 0.6) is 5.75 Å². The van der Waals surface area contributed by atoms with Gasteiger partial charge in [0.1, 0.15) is 12.4 Å². The zero-order valence-corrected chi connectivity index (χ0v) is 9.86. The van der Waals surface area contributed by atoms with Crippen molar-refractivity contribution in [3.63, 3.8) is 0 Å². The molecule has 1 aromatic carbocycles. The minimum atomic E-state index is 0.719. The fraction of sp³-hybridized carbons (Fsp3) is 0.538. The summed E-state index contributed by atoms with van der Waals surface area (Å²) in [6.45, 7) is 5.03. The molecule has 0 aromatic heterocycles. The summed E-state index contributed by atoms with van der Waals surface area (Å²) in [5.41, 5.74) is 6.52. The molecular formula is C13H20N2O. The maximum Gasteiger partial charge on any atom is 0.142 e. The summed E-state index contributed by atoms with van der Waals surface area (Å²) in [4.78, 5) is 2.47. The summed E-state index contributed by atoms with van der Waals surface area (Å²) >= 11 is 0. The van der Waals surface area contributed by atoms with E-state index in [1.165, 1.54) is 12.8 Å². The first-order valence-electron chi connectivity index (χ1n) is 6.02. The van der Waals surface area contributed by atoms with Crippen LogP contribution in [0.3, 0.4) is 0 Å². The topological polar surface area (TPSA) is 38.5 Å². The van der Waals surface area contributed by atoms with Crippen LogP contribution in [0.2, 0.25) is 0 Å². The lowest BCUT2D eigenvalue weighted by molar-refractivity contribution is 0.209. The summed E-state index contributed by atoms with van der Waals surface area (Å²) in [6, 6.07) is 8.47. The van der Waals surface area contributed by atoms with Crippen LogP contribution in [0.1, 0.15) is 19.8 Å². The third kappa shape index (κ3) is 2.89. The zero-order chi connectivity index (χ0) is 11.4. The average Bonchev–Trinajstić information content (AvgIpc) is 3.11. The Kier molecular flexibility index (Phi) is 3.67. The summed E-state index contributed by atoms with van der Waals surface area (Å²) in [6.07, 6.45) is 2.70. The summed E-state index contributed by atoms with van der Waals surface area (Å²) < 4.78 is 5.68. The van der Waals surface area contributed by atoms with E-state index in [1.54, 1.807) is 0 Å². The lowest BCUT2D eigenvalue weighted by atomic mass is 10.3. The molecule has 0 aliphatic heterocycles. The van der Waals surface area contributed by atoms with E-state index < -0.39 is 0 Å². The van der Waals surface area contributed by atoms with E-state index in [4.69, 9.17) is 10.5 Å². The predicted octanol–water partition coefficient (Wildman–Crippen LogP) is 2.13. The van der Waals surface area contributed by atoms with Crippen LogP contribution < -0.4 is 10.5 Å². The van der Waals surface area contributed by atoms with Crippen molar-refractivity contribution < 1.29 is 4.74 Å². The minimum Gasteiger partial charge on any atom is -0.490 e. The first-order chi connectivity index (χ1) is 7.81. The largest absolute Gasteiger partial charge is 0.490 e. The number of nitrogen functional groups attached to an aromatic ring is 1. The molecule has 0 radical (unpaired) electrons. The minimum absolute atomic E-state index is 0.719. The van der Waals surface area contributed by atoms with Crippen LogP contribution in [0, 0.1) is 0 Å². The second-order valence-electron chi connectivity index (χ2n) is 4.25. The van der Waals surface area contributed by atoms with Gasteiger partial charge in [0.25, 0.3) is 0 Å². The Balaban J connectivity index is 1.77. The van der Waals surface area contributed by atoms with Gasteiger partial charge in [-0.3, -0.25) is 4.90 Å². The number of hydrogen-bond acceptors (Lipinski definition) is 3. The second kappa shape index (κ2) is 5.21. The van der Waals surface area contributed by atoms with E-state index in [-0.39, 0.29) is 0 Å². The Morgan fingerprint density at radius 1 is 1.38 bits per heavy atom. The molecule has 3 nitrogen and oxygen atoms in total. The van der Waals surface area contributed by atoms with Gasteiger partial charge in [-0.05, 0) is 31.5 Å². The molecule has 1 aliphatic rings. The number of likely N-dealkylation sites (N-methyl/N-ethyl adjacent to an activating group) is 1. The molecular weight excluding hydrogens is 200 g/mol. The van der Waals surface area contributed by atoms with Crippen LogP contribution in [-0.4, -0.2) is 30.6 Å². The molecule has 1 fully saturated rings. The maximum absolute atomic E-state index is 5.80. The van der Waals surface area contributed by atoms with Crippen molar-refractivity contribution in [2.45, 2.75) is 25.8 Å². The molecule has 0 unspecified atom stereocenters. The smallest absolute Gasteiger partial charge is 0.142 e. The molecule has 0 amide bonds. The number of nitrogens with zero attached hydrogens (tertiary/aromatic N) is 1. The zero-order valence-electron chi connectivity index (χ0n) is 9.86. The van der Waals surface area contributed by atoms with Gasteiger partial charge in [-0.2, -0.15) is 0 Å². The van der Waals surface area contributed by atoms with Crippen molar-refractivity contribution in [2.24, 2.45) is 0 Å². The van der Waals surface area contributed by atoms with E-state index in [2.05, 4.69) is 11.8 Å². The van der Waals surface area contributed by atoms with Crippen LogP contribution in [0.4, 0.5) is 5.69 Å². The Morgan fingerprint density at radius 3 is 2.75 bits per heavy atom. The highest BCUT2D eigenvalue weighted by Gasteiger charge is 2.27. The average molecular weight is 220 g/mol. The van der Waals surface area contributed by atoms with Gasteiger partial charge in [0.15, 0.2) is 0 Å². The predicted molar refractivity (Wildman–Crippen MR) is 66.6 cm³/mol. The third-order valence-electron chi connectivity index (χ3n) is 3.02. The van der Waals surface area contributed by atoms with Gasteiger partial charge in [-0.25, -0.2) is 0 Å². The second-order valence-corrected chi connectivity index (χ2v) is 4.25. The Morgan fingerprint density at radius 2 is 2.12 bits per heavy atom. The van der Waals surface area contributed by atoms with Crippen molar-refractivity contribution in [1.82, 2.24) is 4.90 Å². The number of para-hydroxylation sites is 2. The number of anilines is 1. The maximum atomic E-state index is 5.80. The van der Waals surface area contributed by atoms with E-state index in [0.29, 0.717) is 0 Å². The Labute approximate surface area is 97.2 Å². The molecule has 1 aliphatic carbocycles. The highest BCUT2D eigenvalue weighted by Crippen LogP contribution is 2.26. The quantitative estimate of drug-likeness (QED) is 0.746. The van der Waals surface area contributed by atoms with Gasteiger partial charge in [0, 0.05) is 12.6 Å². The third-order valence-corrected chi connectivity index (χ3v) is 3.02. The highest BCUT2D eigenvalue weighted by molar-refractivity contribution is 5.51. The van der Waals surface area contributed by atoms with Gasteiger partial charge in [-0.15, -0.1) is 0 Å². The van der Waals surface area contributed by atoms with Crippen LogP contribution in [0.15, 0.2) is 24.3 Å². The lowest BCUT2D eigenvalue weighted by Crippen LogP contribution is -2.30. The van der Waals surface area contributed by atoms with Crippen molar-refractivity contribution in [3.8, 4) is 5.75 Å². The molecule has 2 rings (SSSR count). The van der Waals surface area contributed by atoms with Crippen LogP contribution in [0.25, 0.3) is 0 Å². The van der Waals surface area contributed by atoms with Gasteiger partial charge in [-0.1, -0.05) is 19.1 Å². The van der Waals surface area contributed by atoms with Gasteiger partial charge >= 0.3 is 0 Å². The first kappa shape index (κ1) is 11.3. The van der Waals surface area contributed by atoms with Gasteiger partial charge in [0.2, 0.25) is 0 Å². The Bertz CT molecular complexity index is 336. The fourth-order valence-electron chi connectivity index (χ4n) is 1.92. The summed E-state index contributed by atoms with van der Waals surface area (Å²) in [5, 5.41) is 0. The number of benzene rings is 1. The van der Waals surface area contributed by atoms with Crippen LogP contribution in [-0.2, 0) is 0 Å². The normalized spacial score (nSPS) is 15.4. The SMILES string of the molecule is CCN(CCOc1ccccc1N)C1CC1. The lowest BCUT2D eigenvalue weighted by Gasteiger charge is -2.19. The number of hydrogen-bond donors (Lipinski definition) is 1. The van der Waals surface area contributed by atoms with Crippen molar-refractivity contribution in [2.75, 3.05) is 25.4 Å². The van der Waals surface area contributed by atoms with E-state index >= 15 is 0 Å². The van der Waals surface area contributed by atoms with E-state index in [9.17, 15) is 0 Å². The monoisotopic (exact) mass is 220 g/mol. The molecule has 1 aromatic rings. The van der Waals surface area contributed by atoms with Crippen molar-refractivity contribution in [1.29, 1.82) is 0 Å². The fourth-order valence-corrected chi connectivity index (χ4v) is 1.92. The van der Waals surface area contributed by atoms with Crippen LogP contribution >= 0.6 is 0 Å². The molecule has 88 valence electrons. The first-order valence-corrected chi connectivity index (χ1v) is 6.02. The molecule has 0 saturated heterocycles. The molecule has 16 heavy (non-hydrogen) atoms. The molecule has 0 bridgehead atoms. The molecule has 3 heteroatoms. The molecule has 2 N–H and O–H groups in total. The molecule has 1 saturated carbocycles. The number of rotatable bonds is 6. The van der Waals surface area contributed by atoms with Crippen molar-refractivity contribution in [3.05, 3.63) is 24.3 Å². The molecule has 0 spiro atoms. The van der Waals surface area contributed by atoms with Gasteiger partial charge < -0.3 is 10.5 Å². The van der Waals surface area contributed by atoms with E-state index in [1.807, 2.05) is 24.3 Å².